The predicted molar refractivity (Wildman–Crippen MR) is 150 cm³/mol. The molecule has 40 heavy (non-hydrogen) atoms. The molecular formula is C27H28N6O5S2. The number of imidazole rings is 1. The number of anilines is 1. The molecule has 1 amide bonds. The zero-order valence-corrected chi connectivity index (χ0v) is 23.2. The molecule has 0 bridgehead atoms. The Bertz CT molecular complexity index is 1670. The van der Waals surface area contributed by atoms with E-state index in [1.54, 1.807) is 36.8 Å². The molecule has 0 spiro atoms. The SMILES string of the molecule is O=C1COc2ccc(-c3csc(=Nc4ccc(S(=O)(=O)N5CCOCC5)cc4)n3CCCn3ccnc3)cc2N1. The van der Waals surface area contributed by atoms with Crippen molar-refractivity contribution in [3.63, 3.8) is 0 Å². The summed E-state index contributed by atoms with van der Waals surface area (Å²) in [5, 5.41) is 4.92. The summed E-state index contributed by atoms with van der Waals surface area (Å²) in [5.41, 5.74) is 3.18. The maximum absolute atomic E-state index is 13.0. The van der Waals surface area contributed by atoms with E-state index in [2.05, 4.69) is 14.9 Å². The van der Waals surface area contributed by atoms with Crippen LogP contribution in [0.15, 0.2) is 76.5 Å². The van der Waals surface area contributed by atoms with Gasteiger partial charge in [-0.05, 0) is 48.9 Å². The van der Waals surface area contributed by atoms with Crippen molar-refractivity contribution in [3.05, 3.63) is 71.4 Å². The standard InChI is InChI=1S/C27H28N6O5S2/c34-26-17-38-25-7-2-20(16-23(25)30-26)24-18-39-27(33(24)10-1-9-31-11-8-28-19-31)29-21-3-5-22(6-4-21)40(35,36)32-12-14-37-15-13-32/h2-8,11,16,18-19H,1,9-10,12-15,17H2,(H,30,34). The van der Waals surface area contributed by atoms with Crippen LogP contribution in [0.4, 0.5) is 11.4 Å². The fourth-order valence-electron chi connectivity index (χ4n) is 4.68. The predicted octanol–water partition coefficient (Wildman–Crippen LogP) is 3.09. The summed E-state index contributed by atoms with van der Waals surface area (Å²) >= 11 is 1.50. The Morgan fingerprint density at radius 3 is 2.67 bits per heavy atom. The smallest absolute Gasteiger partial charge is 0.262 e. The first-order chi connectivity index (χ1) is 19.5. The minimum absolute atomic E-state index is 0.00854. The van der Waals surface area contributed by atoms with Crippen molar-refractivity contribution in [2.75, 3.05) is 38.2 Å². The van der Waals surface area contributed by atoms with Crippen LogP contribution in [-0.4, -0.2) is 65.7 Å². The lowest BCUT2D eigenvalue weighted by Gasteiger charge is -2.26. The number of rotatable bonds is 8. The molecule has 2 aromatic carbocycles. The molecule has 0 radical (unpaired) electrons. The molecule has 1 N–H and O–H groups in total. The lowest BCUT2D eigenvalue weighted by Crippen LogP contribution is -2.40. The molecule has 4 aromatic rings. The number of aryl methyl sites for hydroxylation is 1. The summed E-state index contributed by atoms with van der Waals surface area (Å²) in [6, 6.07) is 12.4. The average molecular weight is 581 g/mol. The van der Waals surface area contributed by atoms with Crippen LogP contribution < -0.4 is 14.9 Å². The number of benzene rings is 2. The summed E-state index contributed by atoms with van der Waals surface area (Å²) in [6.45, 7) is 3.00. The van der Waals surface area contributed by atoms with E-state index in [9.17, 15) is 13.2 Å². The van der Waals surface area contributed by atoms with Gasteiger partial charge in [-0.1, -0.05) is 0 Å². The van der Waals surface area contributed by atoms with Gasteiger partial charge in [0.15, 0.2) is 11.4 Å². The van der Waals surface area contributed by atoms with Crippen LogP contribution in [0.5, 0.6) is 5.75 Å². The molecule has 2 aliphatic heterocycles. The van der Waals surface area contributed by atoms with Crippen LogP contribution in [0.2, 0.25) is 0 Å². The molecule has 0 saturated carbocycles. The molecule has 6 rings (SSSR count). The maximum atomic E-state index is 13.0. The van der Waals surface area contributed by atoms with E-state index >= 15 is 0 Å². The molecule has 0 unspecified atom stereocenters. The van der Waals surface area contributed by atoms with Gasteiger partial charge in [0.25, 0.3) is 5.91 Å². The van der Waals surface area contributed by atoms with Crippen LogP contribution in [0.25, 0.3) is 11.3 Å². The number of sulfonamides is 1. The maximum Gasteiger partial charge on any atom is 0.262 e. The van der Waals surface area contributed by atoms with E-state index in [0.29, 0.717) is 50.0 Å². The second kappa shape index (κ2) is 11.4. The molecule has 2 aliphatic rings. The van der Waals surface area contributed by atoms with Crippen molar-refractivity contribution in [2.24, 2.45) is 4.99 Å². The Morgan fingerprint density at radius 2 is 1.90 bits per heavy atom. The first-order valence-corrected chi connectivity index (χ1v) is 15.2. The zero-order chi connectivity index (χ0) is 27.5. The van der Waals surface area contributed by atoms with Gasteiger partial charge < -0.3 is 23.9 Å². The van der Waals surface area contributed by atoms with Gasteiger partial charge >= 0.3 is 0 Å². The number of amides is 1. The van der Waals surface area contributed by atoms with Crippen molar-refractivity contribution in [3.8, 4) is 17.0 Å². The number of carbonyl (C=O) groups is 1. The summed E-state index contributed by atoms with van der Waals surface area (Å²) in [6.07, 6.45) is 6.33. The summed E-state index contributed by atoms with van der Waals surface area (Å²) in [7, 11) is -3.58. The minimum atomic E-state index is -3.58. The second-order valence-corrected chi connectivity index (χ2v) is 12.2. The zero-order valence-electron chi connectivity index (χ0n) is 21.6. The van der Waals surface area contributed by atoms with Crippen molar-refractivity contribution in [1.29, 1.82) is 0 Å². The van der Waals surface area contributed by atoms with Crippen LogP contribution >= 0.6 is 11.3 Å². The fourth-order valence-corrected chi connectivity index (χ4v) is 7.04. The normalized spacial score (nSPS) is 16.4. The third kappa shape index (κ3) is 5.59. The average Bonchev–Trinajstić information content (AvgIpc) is 3.64. The number of carbonyl (C=O) groups excluding carboxylic acids is 1. The minimum Gasteiger partial charge on any atom is -0.482 e. The Balaban J connectivity index is 1.31. The lowest BCUT2D eigenvalue weighted by molar-refractivity contribution is -0.118. The molecule has 13 heteroatoms. The molecule has 0 atom stereocenters. The van der Waals surface area contributed by atoms with Gasteiger partial charge in [-0.2, -0.15) is 4.31 Å². The highest BCUT2D eigenvalue weighted by atomic mass is 32.2. The van der Waals surface area contributed by atoms with Gasteiger partial charge in [0.2, 0.25) is 10.0 Å². The number of nitrogens with zero attached hydrogens (tertiary/aromatic N) is 5. The topological polar surface area (TPSA) is 120 Å². The molecule has 1 fully saturated rings. The first kappa shape index (κ1) is 26.4. The molecule has 1 saturated heterocycles. The number of hydrogen-bond acceptors (Lipinski definition) is 8. The lowest BCUT2D eigenvalue weighted by atomic mass is 10.1. The number of morpholine rings is 1. The number of hydrogen-bond donors (Lipinski definition) is 1. The van der Waals surface area contributed by atoms with Gasteiger partial charge in [0.1, 0.15) is 5.75 Å². The van der Waals surface area contributed by atoms with E-state index in [4.69, 9.17) is 14.5 Å². The fraction of sp³-hybridized carbons (Fsp3) is 0.296. The molecule has 0 aliphatic carbocycles. The highest BCUT2D eigenvalue weighted by Crippen LogP contribution is 2.33. The number of aromatic nitrogens is 3. The van der Waals surface area contributed by atoms with Crippen LogP contribution in [-0.2, 0) is 32.6 Å². The van der Waals surface area contributed by atoms with Gasteiger partial charge in [-0.15, -0.1) is 11.3 Å². The molecule has 11 nitrogen and oxygen atoms in total. The Labute approximate surface area is 235 Å². The van der Waals surface area contributed by atoms with E-state index in [1.807, 2.05) is 34.3 Å². The summed E-state index contributed by atoms with van der Waals surface area (Å²) in [4.78, 5) is 21.9. The third-order valence-electron chi connectivity index (χ3n) is 6.73. The van der Waals surface area contributed by atoms with Gasteiger partial charge in [-0.3, -0.25) is 4.79 Å². The highest BCUT2D eigenvalue weighted by Gasteiger charge is 2.26. The van der Waals surface area contributed by atoms with Crippen molar-refractivity contribution < 1.29 is 22.7 Å². The molecule has 4 heterocycles. The van der Waals surface area contributed by atoms with E-state index < -0.39 is 10.0 Å². The van der Waals surface area contributed by atoms with E-state index in [0.717, 1.165) is 29.0 Å². The number of nitrogens with one attached hydrogen (secondary N) is 1. The van der Waals surface area contributed by atoms with Crippen LogP contribution in [0.3, 0.4) is 0 Å². The Kier molecular flexibility index (Phi) is 7.52. The third-order valence-corrected chi connectivity index (χ3v) is 9.51. The van der Waals surface area contributed by atoms with Crippen molar-refractivity contribution >= 4 is 38.6 Å². The molecular weight excluding hydrogens is 552 g/mol. The summed E-state index contributed by atoms with van der Waals surface area (Å²) in [5.74, 6) is 0.459. The van der Waals surface area contributed by atoms with E-state index in [1.165, 1.54) is 15.6 Å². The largest absolute Gasteiger partial charge is 0.482 e. The number of ether oxygens (including phenoxy) is 2. The van der Waals surface area contributed by atoms with Crippen LogP contribution in [0, 0.1) is 0 Å². The quantitative estimate of drug-likeness (QED) is 0.342. The van der Waals surface area contributed by atoms with E-state index in [-0.39, 0.29) is 17.4 Å². The number of thiazole rings is 1. The van der Waals surface area contributed by atoms with Gasteiger partial charge in [0, 0.05) is 49.5 Å². The Morgan fingerprint density at radius 1 is 1.07 bits per heavy atom. The molecule has 208 valence electrons. The van der Waals surface area contributed by atoms with Gasteiger partial charge in [0.05, 0.1) is 41.5 Å². The molecule has 2 aromatic heterocycles. The van der Waals surface area contributed by atoms with Crippen LogP contribution in [0.1, 0.15) is 6.42 Å². The second-order valence-electron chi connectivity index (χ2n) is 9.38. The summed E-state index contributed by atoms with van der Waals surface area (Å²) < 4.78 is 42.5. The Hall–Kier alpha value is -3.78. The van der Waals surface area contributed by atoms with Gasteiger partial charge in [-0.25, -0.2) is 18.4 Å². The monoisotopic (exact) mass is 580 g/mol. The van der Waals surface area contributed by atoms with Crippen molar-refractivity contribution in [1.82, 2.24) is 18.4 Å². The number of fused-ring (bicyclic) bond motifs is 1. The first-order valence-electron chi connectivity index (χ1n) is 12.9. The van der Waals surface area contributed by atoms with Crippen molar-refractivity contribution in [2.45, 2.75) is 24.4 Å². The highest BCUT2D eigenvalue weighted by molar-refractivity contribution is 7.89.